The summed E-state index contributed by atoms with van der Waals surface area (Å²) in [4.78, 5) is 26.6. The second-order valence-corrected chi connectivity index (χ2v) is 7.25. The van der Waals surface area contributed by atoms with Crippen LogP contribution in [-0.4, -0.2) is 46.7 Å². The van der Waals surface area contributed by atoms with E-state index in [1.165, 1.54) is 4.90 Å². The lowest BCUT2D eigenvalue weighted by atomic mass is 9.95. The van der Waals surface area contributed by atoms with Gasteiger partial charge in [0.1, 0.15) is 5.76 Å². The number of aliphatic hydroxyl groups excluding tert-OH is 2. The van der Waals surface area contributed by atoms with Crippen molar-refractivity contribution in [2.24, 2.45) is 0 Å². The maximum absolute atomic E-state index is 12.7. The third kappa shape index (κ3) is 3.04. The van der Waals surface area contributed by atoms with Crippen LogP contribution in [0.1, 0.15) is 17.2 Å². The van der Waals surface area contributed by atoms with Crippen molar-refractivity contribution in [2.75, 3.05) is 19.9 Å². The Hall–Kier alpha value is -2.84. The minimum absolute atomic E-state index is 0.0281. The van der Waals surface area contributed by atoms with Gasteiger partial charge in [0.25, 0.3) is 11.7 Å². The van der Waals surface area contributed by atoms with Crippen molar-refractivity contribution in [3.63, 3.8) is 0 Å². The number of ketones is 1. The lowest BCUT2D eigenvalue weighted by Gasteiger charge is -2.24. The van der Waals surface area contributed by atoms with Crippen LogP contribution in [0.15, 0.2) is 52.5 Å². The van der Waals surface area contributed by atoms with Crippen LogP contribution < -0.4 is 9.47 Å². The molecule has 0 radical (unpaired) electrons. The van der Waals surface area contributed by atoms with Gasteiger partial charge in [-0.25, -0.2) is 0 Å². The smallest absolute Gasteiger partial charge is 0.295 e. The molecule has 0 bridgehead atoms. The van der Waals surface area contributed by atoms with E-state index in [1.54, 1.807) is 42.5 Å². The number of fused-ring (bicyclic) bond motifs is 1. The van der Waals surface area contributed by atoms with E-state index in [9.17, 15) is 19.8 Å². The van der Waals surface area contributed by atoms with Crippen LogP contribution in [0.4, 0.5) is 0 Å². The maximum Gasteiger partial charge on any atom is 0.295 e. The third-order valence-electron chi connectivity index (χ3n) is 4.71. The van der Waals surface area contributed by atoms with Gasteiger partial charge in [0, 0.05) is 16.6 Å². The summed E-state index contributed by atoms with van der Waals surface area (Å²) in [6, 6.07) is 11.0. The number of ether oxygens (including phenoxy) is 2. The highest BCUT2D eigenvalue weighted by Gasteiger charge is 2.46. The van der Waals surface area contributed by atoms with Gasteiger partial charge in [0.2, 0.25) is 6.79 Å². The molecule has 28 heavy (non-hydrogen) atoms. The molecule has 2 aliphatic heterocycles. The van der Waals surface area contributed by atoms with Gasteiger partial charge in [-0.2, -0.15) is 0 Å². The van der Waals surface area contributed by atoms with Gasteiger partial charge < -0.3 is 24.6 Å². The second kappa shape index (κ2) is 7.29. The quantitative estimate of drug-likeness (QED) is 0.426. The molecule has 0 saturated carbocycles. The maximum atomic E-state index is 12.7. The van der Waals surface area contributed by atoms with Gasteiger partial charge in [-0.05, 0) is 29.8 Å². The van der Waals surface area contributed by atoms with E-state index < -0.39 is 17.7 Å². The number of aliphatic hydroxyl groups is 2. The first kappa shape index (κ1) is 18.5. The number of halogens is 1. The average Bonchev–Trinajstić information content (AvgIpc) is 3.26. The van der Waals surface area contributed by atoms with Crippen molar-refractivity contribution < 1.29 is 29.3 Å². The number of benzene rings is 2. The molecule has 2 aromatic rings. The van der Waals surface area contributed by atoms with Crippen LogP contribution in [0.2, 0.25) is 0 Å². The molecule has 1 fully saturated rings. The SMILES string of the molecule is O=C1C(=O)N(CCO)C(c2ccc3c(c2)OCO3)C1=C(O)c1ccc(Br)cc1. The fraction of sp³-hybridized carbons (Fsp3) is 0.200. The Labute approximate surface area is 168 Å². The van der Waals surface area contributed by atoms with Crippen LogP contribution in [0, 0.1) is 0 Å². The van der Waals surface area contributed by atoms with Crippen LogP contribution in [-0.2, 0) is 9.59 Å². The van der Waals surface area contributed by atoms with E-state index in [0.717, 1.165) is 4.47 Å². The molecule has 144 valence electrons. The largest absolute Gasteiger partial charge is 0.507 e. The molecule has 2 aliphatic rings. The predicted molar refractivity (Wildman–Crippen MR) is 103 cm³/mol. The number of carbonyl (C=O) groups excluding carboxylic acids is 2. The van der Waals surface area contributed by atoms with Crippen LogP contribution >= 0.6 is 15.9 Å². The van der Waals surface area contributed by atoms with Crippen molar-refractivity contribution in [3.05, 3.63) is 63.6 Å². The third-order valence-corrected chi connectivity index (χ3v) is 5.24. The van der Waals surface area contributed by atoms with E-state index in [1.807, 2.05) is 0 Å². The fourth-order valence-electron chi connectivity index (χ4n) is 3.41. The predicted octanol–water partition coefficient (Wildman–Crippen LogP) is 2.59. The highest BCUT2D eigenvalue weighted by molar-refractivity contribution is 9.10. The summed E-state index contributed by atoms with van der Waals surface area (Å²) in [6.45, 7) is -0.262. The van der Waals surface area contributed by atoms with Gasteiger partial charge in [-0.1, -0.05) is 34.1 Å². The molecule has 8 heteroatoms. The van der Waals surface area contributed by atoms with E-state index in [4.69, 9.17) is 9.47 Å². The van der Waals surface area contributed by atoms with Gasteiger partial charge >= 0.3 is 0 Å². The molecule has 7 nitrogen and oxygen atoms in total. The zero-order valence-electron chi connectivity index (χ0n) is 14.6. The van der Waals surface area contributed by atoms with Crippen LogP contribution in [0.3, 0.4) is 0 Å². The zero-order valence-corrected chi connectivity index (χ0v) is 16.2. The number of β-amino-alcohol motifs (C(OH)–C–C–N with tert-alkyl or cyclic N) is 1. The molecule has 4 rings (SSSR count). The van der Waals surface area contributed by atoms with Crippen molar-refractivity contribution in [2.45, 2.75) is 6.04 Å². The van der Waals surface area contributed by atoms with E-state index in [0.29, 0.717) is 22.6 Å². The highest BCUT2D eigenvalue weighted by Crippen LogP contribution is 2.42. The van der Waals surface area contributed by atoms with Crippen molar-refractivity contribution in [1.29, 1.82) is 0 Å². The lowest BCUT2D eigenvalue weighted by Crippen LogP contribution is -2.32. The molecule has 0 spiro atoms. The number of carbonyl (C=O) groups is 2. The van der Waals surface area contributed by atoms with Crippen molar-refractivity contribution in [1.82, 2.24) is 4.90 Å². The molecule has 0 aromatic heterocycles. The Morgan fingerprint density at radius 1 is 1.11 bits per heavy atom. The lowest BCUT2D eigenvalue weighted by molar-refractivity contribution is -0.140. The van der Waals surface area contributed by atoms with Crippen molar-refractivity contribution in [3.8, 4) is 11.5 Å². The van der Waals surface area contributed by atoms with Crippen LogP contribution in [0.25, 0.3) is 5.76 Å². The van der Waals surface area contributed by atoms with Crippen molar-refractivity contribution >= 4 is 33.4 Å². The molecule has 2 N–H and O–H groups in total. The topological polar surface area (TPSA) is 96.3 Å². The zero-order chi connectivity index (χ0) is 19.8. The minimum Gasteiger partial charge on any atom is -0.507 e. The standard InChI is InChI=1S/C20H16BrNO6/c21-13-4-1-11(2-5-13)18(24)16-17(22(7-8-23)20(26)19(16)25)12-3-6-14-15(9-12)28-10-27-14/h1-6,9,17,23-24H,7-8,10H2. The summed E-state index contributed by atoms with van der Waals surface area (Å²) in [5.74, 6) is -0.771. The number of hydrogen-bond donors (Lipinski definition) is 2. The number of rotatable bonds is 4. The molecule has 1 atom stereocenters. The Bertz CT molecular complexity index is 985. The van der Waals surface area contributed by atoms with Gasteiger partial charge in [-0.15, -0.1) is 0 Å². The number of amides is 1. The second-order valence-electron chi connectivity index (χ2n) is 6.34. The van der Waals surface area contributed by atoms with E-state index in [2.05, 4.69) is 15.9 Å². The highest BCUT2D eigenvalue weighted by atomic mass is 79.9. The molecule has 2 heterocycles. The number of nitrogens with zero attached hydrogens (tertiary/aromatic N) is 1. The monoisotopic (exact) mass is 445 g/mol. The molecule has 1 saturated heterocycles. The normalized spacial score (nSPS) is 20.1. The number of hydrogen-bond acceptors (Lipinski definition) is 6. The first-order chi connectivity index (χ1) is 13.5. The van der Waals surface area contributed by atoms with Crippen LogP contribution in [0.5, 0.6) is 11.5 Å². The number of Topliss-reactive ketones (excluding diaryl/α,β-unsaturated/α-hetero) is 1. The molecule has 1 amide bonds. The molecular formula is C20H16BrNO6. The fourth-order valence-corrected chi connectivity index (χ4v) is 3.68. The summed E-state index contributed by atoms with van der Waals surface area (Å²) in [6.07, 6.45) is 0. The van der Waals surface area contributed by atoms with Gasteiger partial charge in [0.15, 0.2) is 11.5 Å². The Morgan fingerprint density at radius 3 is 2.54 bits per heavy atom. The Kier molecular flexibility index (Phi) is 4.82. The van der Waals surface area contributed by atoms with Gasteiger partial charge in [0.05, 0.1) is 18.2 Å². The average molecular weight is 446 g/mol. The molecule has 1 unspecified atom stereocenters. The summed E-state index contributed by atoms with van der Waals surface area (Å²) in [5, 5.41) is 20.2. The summed E-state index contributed by atoms with van der Waals surface area (Å²) in [7, 11) is 0. The van der Waals surface area contributed by atoms with Gasteiger partial charge in [-0.3, -0.25) is 9.59 Å². The van der Waals surface area contributed by atoms with E-state index in [-0.39, 0.29) is 31.3 Å². The molecule has 0 aliphatic carbocycles. The van der Waals surface area contributed by atoms with E-state index >= 15 is 0 Å². The Balaban J connectivity index is 1.87. The first-order valence-electron chi connectivity index (χ1n) is 8.56. The Morgan fingerprint density at radius 2 is 1.82 bits per heavy atom. The first-order valence-corrected chi connectivity index (χ1v) is 9.35. The number of likely N-dealkylation sites (tertiary alicyclic amines) is 1. The summed E-state index contributed by atoms with van der Waals surface area (Å²) < 4.78 is 11.5. The summed E-state index contributed by atoms with van der Waals surface area (Å²) >= 11 is 3.33. The molecular weight excluding hydrogens is 430 g/mol. The minimum atomic E-state index is -0.842. The summed E-state index contributed by atoms with van der Waals surface area (Å²) in [5.41, 5.74) is 0.964. The molecule has 2 aromatic carbocycles.